The van der Waals surface area contributed by atoms with E-state index in [0.717, 1.165) is 0 Å². The van der Waals surface area contributed by atoms with Crippen molar-refractivity contribution >= 4 is 27.8 Å². The topological polar surface area (TPSA) is 84.9 Å². The van der Waals surface area contributed by atoms with Crippen LogP contribution in [0.1, 0.15) is 21.7 Å². The van der Waals surface area contributed by atoms with E-state index in [2.05, 4.69) is 15.0 Å². The Bertz CT molecular complexity index is 944. The molecule has 3 rings (SSSR count). The fraction of sp³-hybridized carbons (Fsp3) is 0.200. The Balaban J connectivity index is 2.69. The van der Waals surface area contributed by atoms with Crippen molar-refractivity contribution < 1.29 is 9.53 Å². The summed E-state index contributed by atoms with van der Waals surface area (Å²) in [6.07, 6.45) is 1.59. The zero-order valence-corrected chi connectivity index (χ0v) is 11.9. The number of aromatic nitrogens is 3. The minimum atomic E-state index is -0.513. The third-order valence-corrected chi connectivity index (χ3v) is 3.48. The lowest BCUT2D eigenvalue weighted by Gasteiger charge is -2.11. The third kappa shape index (κ3) is 1.87. The Morgan fingerprint density at radius 3 is 2.71 bits per heavy atom. The SMILES string of the molecule is COC(=O)c1c(C)nc(C)c2c(=O)[nH]c3ncccc3c12. The summed E-state index contributed by atoms with van der Waals surface area (Å²) in [5.74, 6) is -0.513. The van der Waals surface area contributed by atoms with Gasteiger partial charge in [0.25, 0.3) is 5.56 Å². The van der Waals surface area contributed by atoms with Crippen LogP contribution in [0.4, 0.5) is 0 Å². The lowest BCUT2D eigenvalue weighted by Crippen LogP contribution is -2.15. The average Bonchev–Trinajstić information content (AvgIpc) is 2.46. The van der Waals surface area contributed by atoms with E-state index in [9.17, 15) is 9.59 Å². The number of esters is 1. The van der Waals surface area contributed by atoms with Crippen molar-refractivity contribution in [1.82, 2.24) is 15.0 Å². The van der Waals surface area contributed by atoms with Crippen molar-refractivity contribution in [1.29, 1.82) is 0 Å². The molecule has 0 aliphatic heterocycles. The molecule has 0 amide bonds. The molecule has 0 aromatic carbocycles. The number of hydrogen-bond acceptors (Lipinski definition) is 5. The number of fused-ring (bicyclic) bond motifs is 3. The molecule has 0 bridgehead atoms. The molecular formula is C15H13N3O3. The molecule has 6 nitrogen and oxygen atoms in total. The Morgan fingerprint density at radius 1 is 1.24 bits per heavy atom. The molecule has 0 saturated carbocycles. The Labute approximate surface area is 119 Å². The number of carbonyl (C=O) groups excluding carboxylic acids is 1. The van der Waals surface area contributed by atoms with Crippen LogP contribution in [0.25, 0.3) is 21.8 Å². The predicted molar refractivity (Wildman–Crippen MR) is 78.5 cm³/mol. The van der Waals surface area contributed by atoms with Gasteiger partial charge >= 0.3 is 5.97 Å². The van der Waals surface area contributed by atoms with Gasteiger partial charge in [-0.05, 0) is 26.0 Å². The van der Waals surface area contributed by atoms with E-state index in [0.29, 0.717) is 38.8 Å². The van der Waals surface area contributed by atoms with Gasteiger partial charge in [0.05, 0.1) is 29.4 Å². The number of carbonyl (C=O) groups is 1. The number of nitrogens with zero attached hydrogens (tertiary/aromatic N) is 2. The molecule has 21 heavy (non-hydrogen) atoms. The molecular weight excluding hydrogens is 270 g/mol. The minimum absolute atomic E-state index is 0.308. The highest BCUT2D eigenvalue weighted by Gasteiger charge is 2.21. The van der Waals surface area contributed by atoms with Crippen LogP contribution in [0, 0.1) is 13.8 Å². The summed E-state index contributed by atoms with van der Waals surface area (Å²) in [6, 6.07) is 3.57. The van der Waals surface area contributed by atoms with Crippen LogP contribution in [-0.4, -0.2) is 28.0 Å². The van der Waals surface area contributed by atoms with Crippen molar-refractivity contribution in [3.8, 4) is 0 Å². The van der Waals surface area contributed by atoms with E-state index < -0.39 is 5.97 Å². The van der Waals surface area contributed by atoms with Gasteiger partial charge in [-0.15, -0.1) is 0 Å². The second kappa shape index (κ2) is 4.66. The van der Waals surface area contributed by atoms with E-state index in [-0.39, 0.29) is 5.56 Å². The second-order valence-electron chi connectivity index (χ2n) is 4.75. The predicted octanol–water partition coefficient (Wildman–Crippen LogP) is 1.87. The molecule has 0 saturated heterocycles. The van der Waals surface area contributed by atoms with Crippen molar-refractivity contribution in [2.45, 2.75) is 13.8 Å². The van der Waals surface area contributed by atoms with Gasteiger partial charge in [-0.25, -0.2) is 9.78 Å². The summed E-state index contributed by atoms with van der Waals surface area (Å²) in [6.45, 7) is 3.47. The number of ether oxygens (including phenoxy) is 1. The van der Waals surface area contributed by atoms with E-state index in [1.165, 1.54) is 7.11 Å². The second-order valence-corrected chi connectivity index (χ2v) is 4.75. The van der Waals surface area contributed by atoms with Crippen molar-refractivity contribution in [2.24, 2.45) is 0 Å². The lowest BCUT2D eigenvalue weighted by atomic mass is 10.0. The molecule has 0 spiro atoms. The molecule has 6 heteroatoms. The average molecular weight is 283 g/mol. The van der Waals surface area contributed by atoms with Crippen molar-refractivity contribution in [2.75, 3.05) is 7.11 Å². The Hall–Kier alpha value is -2.76. The maximum absolute atomic E-state index is 12.3. The van der Waals surface area contributed by atoms with Crippen LogP contribution in [0.15, 0.2) is 23.1 Å². The molecule has 0 fully saturated rings. The maximum atomic E-state index is 12.3. The van der Waals surface area contributed by atoms with Gasteiger partial charge in [0.2, 0.25) is 0 Å². The quantitative estimate of drug-likeness (QED) is 0.544. The van der Waals surface area contributed by atoms with Crippen molar-refractivity contribution in [3.63, 3.8) is 0 Å². The third-order valence-electron chi connectivity index (χ3n) is 3.48. The van der Waals surface area contributed by atoms with Crippen LogP contribution in [0.2, 0.25) is 0 Å². The van der Waals surface area contributed by atoms with Crippen LogP contribution in [0.3, 0.4) is 0 Å². The number of methoxy groups -OCH3 is 1. The summed E-state index contributed by atoms with van der Waals surface area (Å²) >= 11 is 0. The van der Waals surface area contributed by atoms with Gasteiger partial charge in [-0.3, -0.25) is 9.78 Å². The highest BCUT2D eigenvalue weighted by atomic mass is 16.5. The zero-order chi connectivity index (χ0) is 15.1. The summed E-state index contributed by atoms with van der Waals surface area (Å²) in [5.41, 5.74) is 1.53. The molecule has 0 aliphatic carbocycles. The molecule has 0 unspecified atom stereocenters. The van der Waals surface area contributed by atoms with Gasteiger partial charge in [0.1, 0.15) is 5.65 Å². The Morgan fingerprint density at radius 2 is 2.00 bits per heavy atom. The first-order chi connectivity index (χ1) is 10.0. The van der Waals surface area contributed by atoms with E-state index >= 15 is 0 Å². The smallest absolute Gasteiger partial charge is 0.340 e. The number of pyridine rings is 3. The van der Waals surface area contributed by atoms with Gasteiger partial charge < -0.3 is 9.72 Å². The van der Waals surface area contributed by atoms with Crippen LogP contribution < -0.4 is 5.56 Å². The summed E-state index contributed by atoms with van der Waals surface area (Å²) < 4.78 is 4.84. The first-order valence-electron chi connectivity index (χ1n) is 6.40. The molecule has 0 radical (unpaired) electrons. The number of hydrogen-bond donors (Lipinski definition) is 1. The monoisotopic (exact) mass is 283 g/mol. The fourth-order valence-electron chi connectivity index (χ4n) is 2.63. The molecule has 3 heterocycles. The largest absolute Gasteiger partial charge is 0.465 e. The number of aromatic amines is 1. The highest BCUT2D eigenvalue weighted by molar-refractivity contribution is 6.15. The van der Waals surface area contributed by atoms with Gasteiger partial charge in [0.15, 0.2) is 0 Å². The molecule has 106 valence electrons. The van der Waals surface area contributed by atoms with Crippen LogP contribution in [-0.2, 0) is 4.74 Å². The fourth-order valence-corrected chi connectivity index (χ4v) is 2.63. The maximum Gasteiger partial charge on any atom is 0.340 e. The van der Waals surface area contributed by atoms with E-state index in [1.54, 1.807) is 26.1 Å². The number of rotatable bonds is 1. The normalized spacial score (nSPS) is 11.0. The first kappa shape index (κ1) is 13.2. The van der Waals surface area contributed by atoms with Gasteiger partial charge in [-0.1, -0.05) is 0 Å². The number of aryl methyl sites for hydroxylation is 2. The van der Waals surface area contributed by atoms with E-state index in [4.69, 9.17) is 4.74 Å². The van der Waals surface area contributed by atoms with Gasteiger partial charge in [0, 0.05) is 17.0 Å². The van der Waals surface area contributed by atoms with Crippen LogP contribution in [0.5, 0.6) is 0 Å². The van der Waals surface area contributed by atoms with Gasteiger partial charge in [-0.2, -0.15) is 0 Å². The standard InChI is InChI=1S/C15H13N3O3/c1-7-10-12(11(8(2)17-7)15(20)21-3)9-5-4-6-16-13(9)18-14(10)19/h4-6H,1-3H3,(H,16,18,19). The summed E-state index contributed by atoms with van der Waals surface area (Å²) in [7, 11) is 1.31. The molecule has 3 aromatic rings. The summed E-state index contributed by atoms with van der Waals surface area (Å²) in [5, 5.41) is 1.63. The Kier molecular flexibility index (Phi) is 2.94. The van der Waals surface area contributed by atoms with Crippen molar-refractivity contribution in [3.05, 3.63) is 45.6 Å². The molecule has 1 N–H and O–H groups in total. The van der Waals surface area contributed by atoms with Crippen LogP contribution >= 0.6 is 0 Å². The van der Waals surface area contributed by atoms with E-state index in [1.807, 2.05) is 6.07 Å². The minimum Gasteiger partial charge on any atom is -0.465 e. The lowest BCUT2D eigenvalue weighted by molar-refractivity contribution is 0.0602. The number of nitrogens with one attached hydrogen (secondary N) is 1. The summed E-state index contributed by atoms with van der Waals surface area (Å²) in [4.78, 5) is 35.6. The highest BCUT2D eigenvalue weighted by Crippen LogP contribution is 2.27. The molecule has 3 aromatic heterocycles. The first-order valence-corrected chi connectivity index (χ1v) is 6.40. The number of H-pyrrole nitrogens is 1. The zero-order valence-electron chi connectivity index (χ0n) is 11.9. The molecule has 0 aliphatic rings. The molecule has 0 atom stereocenters.